The zero-order chi connectivity index (χ0) is 22.5. The van der Waals surface area contributed by atoms with E-state index in [2.05, 4.69) is 4.72 Å². The van der Waals surface area contributed by atoms with Gasteiger partial charge in [0.15, 0.2) is 0 Å². The molecule has 0 spiro atoms. The lowest BCUT2D eigenvalue weighted by atomic mass is 10.1. The van der Waals surface area contributed by atoms with Crippen LogP contribution in [0.5, 0.6) is 5.75 Å². The highest BCUT2D eigenvalue weighted by molar-refractivity contribution is 7.92. The molecule has 6 N–H and O–H groups in total. The van der Waals surface area contributed by atoms with Crippen LogP contribution in [-0.4, -0.2) is 39.5 Å². The molecule has 0 aliphatic heterocycles. The van der Waals surface area contributed by atoms with Crippen LogP contribution in [0.15, 0.2) is 63.2 Å². The van der Waals surface area contributed by atoms with E-state index in [0.29, 0.717) is 11.8 Å². The van der Waals surface area contributed by atoms with Crippen molar-refractivity contribution in [2.75, 3.05) is 10.5 Å². The van der Waals surface area contributed by atoms with Gasteiger partial charge in [-0.05, 0) is 47.9 Å². The Morgan fingerprint density at radius 1 is 0.733 bits per heavy atom. The number of aromatic hydroxyl groups is 1. The molecule has 0 unspecified atom stereocenters. The molecule has 30 heavy (non-hydrogen) atoms. The number of nitrogens with two attached hydrogens (primary N) is 1. The molecule has 0 aliphatic carbocycles. The summed E-state index contributed by atoms with van der Waals surface area (Å²) < 4.78 is 92.0. The fraction of sp³-hybridized carbons (Fsp3) is 0. The quantitative estimate of drug-likeness (QED) is 0.266. The van der Waals surface area contributed by atoms with Gasteiger partial charge in [0.2, 0.25) is 0 Å². The number of fused-ring (bicyclic) bond motifs is 1. The molecule has 3 aromatic carbocycles. The van der Waals surface area contributed by atoms with E-state index in [1.165, 1.54) is 24.3 Å². The molecule has 0 atom stereocenters. The number of nitrogen functional groups attached to an aromatic ring is 1. The molecule has 3 rings (SSSR count). The van der Waals surface area contributed by atoms with Gasteiger partial charge in [0, 0.05) is 17.1 Å². The van der Waals surface area contributed by atoms with Crippen molar-refractivity contribution in [3.63, 3.8) is 0 Å². The van der Waals surface area contributed by atoms with Gasteiger partial charge >= 0.3 is 0 Å². The first-order valence-corrected chi connectivity index (χ1v) is 12.2. The van der Waals surface area contributed by atoms with Gasteiger partial charge in [-0.25, -0.2) is 8.42 Å². The lowest BCUT2D eigenvalue weighted by molar-refractivity contribution is 0.471. The molecule has 0 amide bonds. The van der Waals surface area contributed by atoms with E-state index in [1.54, 1.807) is 0 Å². The lowest BCUT2D eigenvalue weighted by Gasteiger charge is -2.14. The molecule has 3 aromatic rings. The highest BCUT2D eigenvalue weighted by Gasteiger charge is 2.22. The van der Waals surface area contributed by atoms with Crippen LogP contribution in [0.4, 0.5) is 11.4 Å². The fourth-order valence-corrected chi connectivity index (χ4v) is 4.81. The first kappa shape index (κ1) is 21.8. The minimum Gasteiger partial charge on any atom is -0.507 e. The number of hydrogen-bond acceptors (Lipinski definition) is 8. The molecular weight excluding hydrogens is 460 g/mol. The third-order valence-electron chi connectivity index (χ3n) is 4.01. The number of rotatable bonds is 5. The van der Waals surface area contributed by atoms with Gasteiger partial charge in [-0.2, -0.15) is 16.8 Å². The van der Waals surface area contributed by atoms with E-state index in [9.17, 15) is 39.5 Å². The summed E-state index contributed by atoms with van der Waals surface area (Å²) in [6.07, 6.45) is 0. The predicted octanol–water partition coefficient (Wildman–Crippen LogP) is 1.42. The van der Waals surface area contributed by atoms with Crippen LogP contribution in [-0.2, 0) is 30.3 Å². The molecule has 0 bridgehead atoms. The Labute approximate surface area is 171 Å². The van der Waals surface area contributed by atoms with Crippen molar-refractivity contribution < 1.29 is 39.5 Å². The number of sulfonamides is 1. The van der Waals surface area contributed by atoms with Crippen LogP contribution in [0.1, 0.15) is 0 Å². The van der Waals surface area contributed by atoms with Crippen LogP contribution in [0.2, 0.25) is 0 Å². The molecule has 0 aromatic heterocycles. The van der Waals surface area contributed by atoms with E-state index in [0.717, 1.165) is 18.2 Å². The van der Waals surface area contributed by atoms with Crippen molar-refractivity contribution in [1.29, 1.82) is 0 Å². The number of benzene rings is 3. The Balaban J connectivity index is 2.31. The van der Waals surface area contributed by atoms with Crippen molar-refractivity contribution in [2.45, 2.75) is 14.7 Å². The minimum absolute atomic E-state index is 0.240. The molecular formula is C16H14N2O9S3. The van der Waals surface area contributed by atoms with Gasteiger partial charge in [0.25, 0.3) is 30.3 Å². The molecule has 0 saturated carbocycles. The molecule has 0 radical (unpaired) electrons. The van der Waals surface area contributed by atoms with Crippen molar-refractivity contribution >= 4 is 52.4 Å². The zero-order valence-corrected chi connectivity index (χ0v) is 17.2. The summed E-state index contributed by atoms with van der Waals surface area (Å²) in [6.45, 7) is 0. The third-order valence-corrected chi connectivity index (χ3v) is 7.05. The molecule has 0 heterocycles. The fourth-order valence-electron chi connectivity index (χ4n) is 2.67. The molecule has 11 nitrogen and oxygen atoms in total. The van der Waals surface area contributed by atoms with E-state index < -0.39 is 51.5 Å². The van der Waals surface area contributed by atoms with Gasteiger partial charge in [-0.1, -0.05) is 0 Å². The second-order valence-electron chi connectivity index (χ2n) is 6.14. The number of phenolic OH excluding ortho intramolecular Hbond substituents is 1. The normalized spacial score (nSPS) is 12.7. The Kier molecular flexibility index (Phi) is 5.16. The lowest BCUT2D eigenvalue weighted by Crippen LogP contribution is -2.14. The predicted molar refractivity (Wildman–Crippen MR) is 107 cm³/mol. The number of phenols is 1. The molecule has 160 valence electrons. The van der Waals surface area contributed by atoms with Gasteiger partial charge < -0.3 is 10.8 Å². The summed E-state index contributed by atoms with van der Waals surface area (Å²) in [4.78, 5) is -1.79. The van der Waals surface area contributed by atoms with E-state index >= 15 is 0 Å². The van der Waals surface area contributed by atoms with Crippen molar-refractivity contribution in [3.8, 4) is 5.75 Å². The smallest absolute Gasteiger partial charge is 0.294 e. The monoisotopic (exact) mass is 474 g/mol. The Morgan fingerprint density at radius 2 is 1.23 bits per heavy atom. The van der Waals surface area contributed by atoms with Crippen molar-refractivity contribution in [3.05, 3.63) is 48.5 Å². The van der Waals surface area contributed by atoms with Gasteiger partial charge in [-0.3, -0.25) is 13.8 Å². The number of nitrogens with one attached hydrogen (secondary N) is 1. The van der Waals surface area contributed by atoms with Crippen LogP contribution in [0.3, 0.4) is 0 Å². The summed E-state index contributed by atoms with van der Waals surface area (Å²) in [7, 11) is -13.9. The second-order valence-corrected chi connectivity index (χ2v) is 10.7. The minimum atomic E-state index is -4.85. The maximum absolute atomic E-state index is 12.7. The van der Waals surface area contributed by atoms with E-state index in [-0.39, 0.29) is 15.7 Å². The average Bonchev–Trinajstić information content (AvgIpc) is 2.59. The molecule has 0 saturated heterocycles. The van der Waals surface area contributed by atoms with Gasteiger partial charge in [-0.15, -0.1) is 0 Å². The summed E-state index contributed by atoms with van der Waals surface area (Å²) in [5.41, 5.74) is 5.35. The van der Waals surface area contributed by atoms with Crippen LogP contribution in [0, 0.1) is 0 Å². The molecule has 0 aliphatic rings. The standard InChI is InChI=1S/C16H14N2O9S3/c17-10-1-3-11(4-2-10)28(20,21)18-14-7-12(29(22,23)24)5-9-6-13(30(25,26)27)8-15(19)16(9)14/h1-8,18-19H,17H2,(H,22,23,24)(H,25,26,27). The topological polar surface area (TPSA) is 201 Å². The Morgan fingerprint density at radius 3 is 1.73 bits per heavy atom. The van der Waals surface area contributed by atoms with E-state index in [1.807, 2.05) is 0 Å². The SMILES string of the molecule is Nc1ccc(S(=O)(=O)Nc2cc(S(=O)(=O)O)cc3cc(S(=O)(=O)O)cc(O)c23)cc1. The van der Waals surface area contributed by atoms with E-state index in [4.69, 9.17) is 5.73 Å². The third kappa shape index (κ3) is 4.31. The summed E-state index contributed by atoms with van der Waals surface area (Å²) in [6, 6.07) is 8.02. The maximum Gasteiger partial charge on any atom is 0.294 e. The summed E-state index contributed by atoms with van der Waals surface area (Å²) >= 11 is 0. The van der Waals surface area contributed by atoms with Gasteiger partial charge in [0.1, 0.15) is 5.75 Å². The largest absolute Gasteiger partial charge is 0.507 e. The number of hydrogen-bond donors (Lipinski definition) is 5. The summed E-state index contributed by atoms with van der Waals surface area (Å²) in [5, 5.41) is 9.70. The van der Waals surface area contributed by atoms with Crippen molar-refractivity contribution in [2.24, 2.45) is 0 Å². The summed E-state index contributed by atoms with van der Waals surface area (Å²) in [5.74, 6) is -0.767. The Hall–Kier alpha value is -2.91. The van der Waals surface area contributed by atoms with Gasteiger partial charge in [0.05, 0.1) is 20.4 Å². The maximum atomic E-state index is 12.7. The zero-order valence-electron chi connectivity index (χ0n) is 14.7. The van der Waals surface area contributed by atoms with Crippen molar-refractivity contribution in [1.82, 2.24) is 0 Å². The van der Waals surface area contributed by atoms with Crippen LogP contribution in [0.25, 0.3) is 10.8 Å². The highest BCUT2D eigenvalue weighted by atomic mass is 32.2. The number of anilines is 2. The van der Waals surface area contributed by atoms with Crippen LogP contribution >= 0.6 is 0 Å². The first-order valence-electron chi connectivity index (χ1n) is 7.82. The average molecular weight is 474 g/mol. The Bertz CT molecular complexity index is 1470. The first-order chi connectivity index (χ1) is 13.7. The molecule has 14 heteroatoms. The van der Waals surface area contributed by atoms with Crippen LogP contribution < -0.4 is 10.5 Å². The molecule has 0 fully saturated rings. The second kappa shape index (κ2) is 7.10. The highest BCUT2D eigenvalue weighted by Crippen LogP contribution is 2.37.